The molecule has 0 amide bonds. The molecule has 0 aliphatic rings. The summed E-state index contributed by atoms with van der Waals surface area (Å²) in [5, 5.41) is 13.4. The van der Waals surface area contributed by atoms with E-state index < -0.39 is 0 Å². The van der Waals surface area contributed by atoms with E-state index in [1.165, 1.54) is 9.75 Å². The number of aromatic hydroxyl groups is 1. The standard InChI is InChI=1S/C15H19NO2S/c1-10-7-8-14(19-10)11(2)16-9-12-5-4-6-13(18-3)15(12)17/h4-8,11,16-17H,9H2,1-3H3. The Bertz CT molecular complexity index is 551. The summed E-state index contributed by atoms with van der Waals surface area (Å²) in [7, 11) is 1.56. The second kappa shape index (κ2) is 6.08. The minimum atomic E-state index is 0.215. The average molecular weight is 277 g/mol. The fourth-order valence-corrected chi connectivity index (χ4v) is 2.83. The Morgan fingerprint density at radius 1 is 1.32 bits per heavy atom. The van der Waals surface area contributed by atoms with Crippen LogP contribution in [0.15, 0.2) is 30.3 Å². The molecule has 19 heavy (non-hydrogen) atoms. The molecule has 0 radical (unpaired) electrons. The van der Waals surface area contributed by atoms with Crippen LogP contribution in [0.3, 0.4) is 0 Å². The number of para-hydroxylation sites is 1. The molecule has 2 aromatic rings. The first-order chi connectivity index (χ1) is 9.11. The molecular weight excluding hydrogens is 258 g/mol. The molecule has 3 nitrogen and oxygen atoms in total. The quantitative estimate of drug-likeness (QED) is 0.877. The second-order valence-corrected chi connectivity index (χ2v) is 5.84. The summed E-state index contributed by atoms with van der Waals surface area (Å²) in [6.07, 6.45) is 0. The summed E-state index contributed by atoms with van der Waals surface area (Å²) in [5.74, 6) is 0.728. The summed E-state index contributed by atoms with van der Waals surface area (Å²) in [5.41, 5.74) is 0.847. The lowest BCUT2D eigenvalue weighted by Crippen LogP contribution is -2.17. The van der Waals surface area contributed by atoms with Gasteiger partial charge in [-0.3, -0.25) is 0 Å². The maximum atomic E-state index is 10.0. The van der Waals surface area contributed by atoms with Gasteiger partial charge in [0, 0.05) is 27.9 Å². The van der Waals surface area contributed by atoms with E-state index in [9.17, 15) is 5.11 Å². The topological polar surface area (TPSA) is 41.5 Å². The minimum Gasteiger partial charge on any atom is -0.504 e. The number of thiophene rings is 1. The van der Waals surface area contributed by atoms with Gasteiger partial charge in [-0.1, -0.05) is 12.1 Å². The van der Waals surface area contributed by atoms with Crippen molar-refractivity contribution in [1.29, 1.82) is 0 Å². The van der Waals surface area contributed by atoms with Gasteiger partial charge in [0.25, 0.3) is 0 Å². The molecule has 0 fully saturated rings. The molecule has 2 N–H and O–H groups in total. The summed E-state index contributed by atoms with van der Waals surface area (Å²) >= 11 is 1.79. The molecular formula is C15H19NO2S. The van der Waals surface area contributed by atoms with E-state index in [0.717, 1.165) is 5.56 Å². The number of rotatable bonds is 5. The van der Waals surface area contributed by atoms with Crippen LogP contribution in [0.5, 0.6) is 11.5 Å². The lowest BCUT2D eigenvalue weighted by molar-refractivity contribution is 0.369. The Labute approximate surface area is 117 Å². The van der Waals surface area contributed by atoms with Gasteiger partial charge in [-0.2, -0.15) is 0 Å². The summed E-state index contributed by atoms with van der Waals surface area (Å²) in [6.45, 7) is 4.85. The Morgan fingerprint density at radius 3 is 2.74 bits per heavy atom. The summed E-state index contributed by atoms with van der Waals surface area (Å²) in [6, 6.07) is 10.1. The van der Waals surface area contributed by atoms with Gasteiger partial charge in [0.1, 0.15) is 0 Å². The van der Waals surface area contributed by atoms with Crippen LogP contribution in [0.4, 0.5) is 0 Å². The van der Waals surface area contributed by atoms with Crippen LogP contribution in [0, 0.1) is 6.92 Å². The Kier molecular flexibility index (Phi) is 4.45. The number of phenolic OH excluding ortho intramolecular Hbond substituents is 1. The zero-order valence-corrected chi connectivity index (χ0v) is 12.3. The molecule has 1 unspecified atom stereocenters. The third-order valence-corrected chi connectivity index (χ3v) is 4.27. The number of phenols is 1. The second-order valence-electron chi connectivity index (χ2n) is 4.52. The summed E-state index contributed by atoms with van der Waals surface area (Å²) in [4.78, 5) is 2.62. The maximum absolute atomic E-state index is 10.0. The van der Waals surface area contributed by atoms with Crippen LogP contribution in [-0.2, 0) is 6.54 Å². The zero-order valence-electron chi connectivity index (χ0n) is 11.4. The number of aryl methyl sites for hydroxylation is 1. The van der Waals surface area contributed by atoms with Crippen LogP contribution in [0.2, 0.25) is 0 Å². The summed E-state index contributed by atoms with van der Waals surface area (Å²) < 4.78 is 5.10. The van der Waals surface area contributed by atoms with Crippen LogP contribution in [0.1, 0.15) is 28.3 Å². The highest BCUT2D eigenvalue weighted by Gasteiger charge is 2.10. The van der Waals surface area contributed by atoms with E-state index in [1.54, 1.807) is 24.5 Å². The molecule has 1 heterocycles. The largest absolute Gasteiger partial charge is 0.504 e. The molecule has 4 heteroatoms. The van der Waals surface area contributed by atoms with Gasteiger partial charge in [0.05, 0.1) is 7.11 Å². The monoisotopic (exact) mass is 277 g/mol. The van der Waals surface area contributed by atoms with Gasteiger partial charge in [-0.25, -0.2) is 0 Å². The number of benzene rings is 1. The van der Waals surface area contributed by atoms with E-state index in [1.807, 2.05) is 12.1 Å². The smallest absolute Gasteiger partial charge is 0.162 e. The van der Waals surface area contributed by atoms with Gasteiger partial charge in [0.2, 0.25) is 0 Å². The highest BCUT2D eigenvalue weighted by molar-refractivity contribution is 7.12. The van der Waals surface area contributed by atoms with Crippen LogP contribution in [0.25, 0.3) is 0 Å². The first kappa shape index (κ1) is 13.9. The normalized spacial score (nSPS) is 12.4. The van der Waals surface area contributed by atoms with Gasteiger partial charge >= 0.3 is 0 Å². The van der Waals surface area contributed by atoms with Gasteiger partial charge < -0.3 is 15.2 Å². The van der Waals surface area contributed by atoms with Crippen LogP contribution in [-0.4, -0.2) is 12.2 Å². The van der Waals surface area contributed by atoms with E-state index >= 15 is 0 Å². The van der Waals surface area contributed by atoms with Gasteiger partial charge in [0.15, 0.2) is 11.5 Å². The first-order valence-corrected chi connectivity index (χ1v) is 7.08. The lowest BCUT2D eigenvalue weighted by atomic mass is 10.1. The molecule has 1 aromatic heterocycles. The molecule has 1 aromatic carbocycles. The lowest BCUT2D eigenvalue weighted by Gasteiger charge is -2.14. The Morgan fingerprint density at radius 2 is 2.11 bits per heavy atom. The zero-order chi connectivity index (χ0) is 13.8. The van der Waals surface area contributed by atoms with Crippen molar-refractivity contribution in [1.82, 2.24) is 5.32 Å². The maximum Gasteiger partial charge on any atom is 0.162 e. The molecule has 102 valence electrons. The minimum absolute atomic E-state index is 0.215. The van der Waals surface area contributed by atoms with Crippen molar-refractivity contribution < 1.29 is 9.84 Å². The molecule has 0 aliphatic heterocycles. The number of methoxy groups -OCH3 is 1. The molecule has 2 rings (SSSR count). The fourth-order valence-electron chi connectivity index (χ4n) is 1.92. The predicted molar refractivity (Wildman–Crippen MR) is 79.0 cm³/mol. The molecule has 0 saturated carbocycles. The third kappa shape index (κ3) is 3.28. The Hall–Kier alpha value is -1.52. The van der Waals surface area contributed by atoms with E-state index in [0.29, 0.717) is 12.3 Å². The SMILES string of the molecule is COc1cccc(CNC(C)c2ccc(C)s2)c1O. The van der Waals surface area contributed by atoms with Crippen molar-refractivity contribution >= 4 is 11.3 Å². The number of ether oxygens (including phenoxy) is 1. The number of hydrogen-bond acceptors (Lipinski definition) is 4. The van der Waals surface area contributed by atoms with Gasteiger partial charge in [-0.15, -0.1) is 11.3 Å². The van der Waals surface area contributed by atoms with Crippen molar-refractivity contribution in [3.63, 3.8) is 0 Å². The number of nitrogens with one attached hydrogen (secondary N) is 1. The molecule has 0 aliphatic carbocycles. The van der Waals surface area contributed by atoms with Crippen molar-refractivity contribution in [3.05, 3.63) is 45.6 Å². The van der Waals surface area contributed by atoms with E-state index in [-0.39, 0.29) is 11.8 Å². The first-order valence-electron chi connectivity index (χ1n) is 6.26. The van der Waals surface area contributed by atoms with Crippen molar-refractivity contribution in [2.75, 3.05) is 7.11 Å². The van der Waals surface area contributed by atoms with E-state index in [4.69, 9.17) is 4.74 Å². The molecule has 0 saturated heterocycles. The van der Waals surface area contributed by atoms with Crippen molar-refractivity contribution in [2.24, 2.45) is 0 Å². The van der Waals surface area contributed by atoms with Crippen molar-refractivity contribution in [2.45, 2.75) is 26.4 Å². The fraction of sp³-hybridized carbons (Fsp3) is 0.333. The van der Waals surface area contributed by atoms with Crippen LogP contribution < -0.4 is 10.1 Å². The molecule has 1 atom stereocenters. The van der Waals surface area contributed by atoms with E-state index in [2.05, 4.69) is 31.3 Å². The third-order valence-electron chi connectivity index (χ3n) is 3.09. The average Bonchev–Trinajstić information content (AvgIpc) is 2.84. The van der Waals surface area contributed by atoms with Crippen LogP contribution >= 0.6 is 11.3 Å². The molecule has 0 spiro atoms. The van der Waals surface area contributed by atoms with Crippen molar-refractivity contribution in [3.8, 4) is 11.5 Å². The predicted octanol–water partition coefficient (Wildman–Crippen LogP) is 3.62. The van der Waals surface area contributed by atoms with Gasteiger partial charge in [-0.05, 0) is 32.0 Å². The number of hydrogen-bond donors (Lipinski definition) is 2. The highest BCUT2D eigenvalue weighted by atomic mass is 32.1. The highest BCUT2D eigenvalue weighted by Crippen LogP contribution is 2.30. The Balaban J connectivity index is 2.02. The molecule has 0 bridgehead atoms.